The topological polar surface area (TPSA) is 29.3 Å². The lowest BCUT2D eigenvalue weighted by Gasteiger charge is -2.24. The number of nitrogens with two attached hydrogens (primary N) is 1. The van der Waals surface area contributed by atoms with E-state index < -0.39 is 0 Å². The number of para-hydroxylation sites is 1. The molecule has 0 heterocycles. The van der Waals surface area contributed by atoms with Crippen LogP contribution in [0.25, 0.3) is 0 Å². The molecule has 2 rings (SSSR count). The Bertz CT molecular complexity index is 558. The predicted octanol–water partition coefficient (Wildman–Crippen LogP) is 3.79. The van der Waals surface area contributed by atoms with E-state index in [1.165, 1.54) is 6.07 Å². The molecule has 0 radical (unpaired) electrons. The molecule has 0 spiro atoms. The Morgan fingerprint density at radius 3 is 2.50 bits per heavy atom. The second-order valence-electron chi connectivity index (χ2n) is 4.53. The molecule has 3 heteroatoms. The molecule has 0 fully saturated rings. The van der Waals surface area contributed by atoms with Gasteiger partial charge in [-0.1, -0.05) is 18.2 Å². The first kappa shape index (κ1) is 12.4. The van der Waals surface area contributed by atoms with E-state index in [-0.39, 0.29) is 5.82 Å². The van der Waals surface area contributed by atoms with Gasteiger partial charge in [-0.15, -0.1) is 0 Å². The number of hydrogen-bond donors (Lipinski definition) is 1. The molecular weight excluding hydrogens is 227 g/mol. The van der Waals surface area contributed by atoms with Crippen molar-refractivity contribution in [1.82, 2.24) is 0 Å². The van der Waals surface area contributed by atoms with Crippen LogP contribution in [0.1, 0.15) is 11.1 Å². The zero-order valence-corrected chi connectivity index (χ0v) is 10.9. The normalized spacial score (nSPS) is 10.4. The number of benzene rings is 2. The Balaban J connectivity index is 2.54. The monoisotopic (exact) mass is 244 g/mol. The second kappa shape index (κ2) is 4.69. The molecule has 0 aliphatic heterocycles. The molecule has 94 valence electrons. The summed E-state index contributed by atoms with van der Waals surface area (Å²) in [4.78, 5) is 1.80. The Labute approximate surface area is 107 Å². The maximum Gasteiger partial charge on any atom is 0.148 e. The fourth-order valence-electron chi connectivity index (χ4n) is 2.09. The van der Waals surface area contributed by atoms with Crippen LogP contribution in [0.5, 0.6) is 0 Å². The van der Waals surface area contributed by atoms with Crippen molar-refractivity contribution in [1.29, 1.82) is 0 Å². The Morgan fingerprint density at radius 1 is 1.11 bits per heavy atom. The molecule has 0 aliphatic carbocycles. The van der Waals surface area contributed by atoms with Crippen molar-refractivity contribution in [3.8, 4) is 0 Å². The highest BCUT2D eigenvalue weighted by molar-refractivity contribution is 5.76. The molecule has 0 saturated heterocycles. The summed E-state index contributed by atoms with van der Waals surface area (Å²) < 4.78 is 13.9. The van der Waals surface area contributed by atoms with Crippen LogP contribution < -0.4 is 10.6 Å². The molecule has 0 aromatic heterocycles. The van der Waals surface area contributed by atoms with Crippen molar-refractivity contribution in [3.63, 3.8) is 0 Å². The molecule has 2 nitrogen and oxygen atoms in total. The zero-order chi connectivity index (χ0) is 13.3. The lowest BCUT2D eigenvalue weighted by Crippen LogP contribution is -2.14. The molecule has 0 aliphatic rings. The number of nitrogen functional groups attached to an aromatic ring is 1. The maximum atomic E-state index is 13.9. The summed E-state index contributed by atoms with van der Waals surface area (Å²) in [7, 11) is 1.83. The van der Waals surface area contributed by atoms with Gasteiger partial charge in [-0.25, -0.2) is 4.39 Å². The molecule has 2 aromatic rings. The third kappa shape index (κ3) is 2.16. The van der Waals surface area contributed by atoms with E-state index in [0.717, 1.165) is 16.8 Å². The summed E-state index contributed by atoms with van der Waals surface area (Å²) in [6.07, 6.45) is 0. The minimum absolute atomic E-state index is 0.307. The summed E-state index contributed by atoms with van der Waals surface area (Å²) in [6, 6.07) is 10.8. The van der Waals surface area contributed by atoms with Crippen LogP contribution >= 0.6 is 0 Å². The highest BCUT2D eigenvalue weighted by Crippen LogP contribution is 2.33. The van der Waals surface area contributed by atoms with Gasteiger partial charge in [-0.2, -0.15) is 0 Å². The average Bonchev–Trinajstić information content (AvgIpc) is 2.32. The van der Waals surface area contributed by atoms with Gasteiger partial charge >= 0.3 is 0 Å². The smallest absolute Gasteiger partial charge is 0.148 e. The van der Waals surface area contributed by atoms with Crippen molar-refractivity contribution in [2.45, 2.75) is 13.8 Å². The number of halogens is 1. The number of anilines is 3. The summed E-state index contributed by atoms with van der Waals surface area (Å²) in [6.45, 7) is 4.02. The molecular formula is C15H17FN2. The third-order valence-corrected chi connectivity index (χ3v) is 3.08. The van der Waals surface area contributed by atoms with Gasteiger partial charge in [0.25, 0.3) is 0 Å². The van der Waals surface area contributed by atoms with E-state index in [1.54, 1.807) is 17.0 Å². The summed E-state index contributed by atoms with van der Waals surface area (Å²) >= 11 is 0. The van der Waals surface area contributed by atoms with Gasteiger partial charge in [0, 0.05) is 12.7 Å². The minimum Gasteiger partial charge on any atom is -0.397 e. The fourth-order valence-corrected chi connectivity index (χ4v) is 2.09. The van der Waals surface area contributed by atoms with Gasteiger partial charge in [-0.05, 0) is 43.2 Å². The lowest BCUT2D eigenvalue weighted by atomic mass is 10.1. The van der Waals surface area contributed by atoms with Gasteiger partial charge in [0.2, 0.25) is 0 Å². The van der Waals surface area contributed by atoms with Crippen LogP contribution in [0.2, 0.25) is 0 Å². The predicted molar refractivity (Wildman–Crippen MR) is 74.8 cm³/mol. The largest absolute Gasteiger partial charge is 0.397 e. The van der Waals surface area contributed by atoms with Crippen molar-refractivity contribution in [3.05, 3.63) is 53.3 Å². The number of hydrogen-bond acceptors (Lipinski definition) is 2. The maximum absolute atomic E-state index is 13.9. The third-order valence-electron chi connectivity index (χ3n) is 3.08. The highest BCUT2D eigenvalue weighted by atomic mass is 19.1. The van der Waals surface area contributed by atoms with Crippen LogP contribution in [0.15, 0.2) is 36.4 Å². The first-order chi connectivity index (χ1) is 8.50. The first-order valence-electron chi connectivity index (χ1n) is 5.85. The standard InChI is InChI=1S/C15H17FN2/c1-10-7-8-11(2)14(9-10)18(3)15-12(16)5-4-6-13(15)17/h4-9H,17H2,1-3H3. The van der Waals surface area contributed by atoms with E-state index >= 15 is 0 Å². The van der Waals surface area contributed by atoms with Crippen molar-refractivity contribution in [2.75, 3.05) is 17.7 Å². The van der Waals surface area contributed by atoms with Crippen LogP contribution in [-0.2, 0) is 0 Å². The Kier molecular flexibility index (Phi) is 3.24. The lowest BCUT2D eigenvalue weighted by molar-refractivity contribution is 0.628. The molecule has 0 bridgehead atoms. The number of aryl methyl sites for hydroxylation is 2. The molecule has 0 unspecified atom stereocenters. The van der Waals surface area contributed by atoms with E-state index in [4.69, 9.17) is 5.73 Å². The summed E-state index contributed by atoms with van der Waals surface area (Å²) in [5, 5.41) is 0. The molecule has 2 aromatic carbocycles. The Morgan fingerprint density at radius 2 is 1.83 bits per heavy atom. The quantitative estimate of drug-likeness (QED) is 0.814. The average molecular weight is 244 g/mol. The van der Waals surface area contributed by atoms with Crippen LogP contribution in [0.4, 0.5) is 21.5 Å². The van der Waals surface area contributed by atoms with Gasteiger partial charge in [0.1, 0.15) is 11.5 Å². The number of nitrogens with zero attached hydrogens (tertiary/aromatic N) is 1. The van der Waals surface area contributed by atoms with Crippen LogP contribution in [0.3, 0.4) is 0 Å². The van der Waals surface area contributed by atoms with Crippen molar-refractivity contribution < 1.29 is 4.39 Å². The van der Waals surface area contributed by atoms with Gasteiger partial charge < -0.3 is 10.6 Å². The molecule has 2 N–H and O–H groups in total. The van der Waals surface area contributed by atoms with Crippen LogP contribution in [0, 0.1) is 19.7 Å². The van der Waals surface area contributed by atoms with E-state index in [1.807, 2.05) is 39.1 Å². The Hall–Kier alpha value is -2.03. The number of rotatable bonds is 2. The van der Waals surface area contributed by atoms with Gasteiger partial charge in [0.15, 0.2) is 0 Å². The minimum atomic E-state index is -0.307. The molecule has 0 atom stereocenters. The first-order valence-corrected chi connectivity index (χ1v) is 5.85. The molecule has 18 heavy (non-hydrogen) atoms. The van der Waals surface area contributed by atoms with Gasteiger partial charge in [-0.3, -0.25) is 0 Å². The van der Waals surface area contributed by atoms with E-state index in [9.17, 15) is 4.39 Å². The second-order valence-corrected chi connectivity index (χ2v) is 4.53. The SMILES string of the molecule is Cc1ccc(C)c(N(C)c2c(N)cccc2F)c1. The zero-order valence-electron chi connectivity index (χ0n) is 10.9. The summed E-state index contributed by atoms with van der Waals surface area (Å²) in [5.74, 6) is -0.307. The molecule has 0 amide bonds. The van der Waals surface area contributed by atoms with E-state index in [0.29, 0.717) is 11.4 Å². The molecule has 0 saturated carbocycles. The summed E-state index contributed by atoms with van der Waals surface area (Å²) in [5.41, 5.74) is 9.92. The van der Waals surface area contributed by atoms with Gasteiger partial charge in [0.05, 0.1) is 5.69 Å². The van der Waals surface area contributed by atoms with Crippen molar-refractivity contribution >= 4 is 17.1 Å². The highest BCUT2D eigenvalue weighted by Gasteiger charge is 2.14. The van der Waals surface area contributed by atoms with Crippen LogP contribution in [-0.4, -0.2) is 7.05 Å². The van der Waals surface area contributed by atoms with E-state index in [2.05, 4.69) is 0 Å². The fraction of sp³-hybridized carbons (Fsp3) is 0.200. The van der Waals surface area contributed by atoms with Crippen molar-refractivity contribution in [2.24, 2.45) is 0 Å².